The van der Waals surface area contributed by atoms with E-state index >= 15 is 0 Å². The maximum absolute atomic E-state index is 8.94. The number of hydrogen-bond donors (Lipinski definition) is 1. The average Bonchev–Trinajstić information content (AvgIpc) is 2.16. The van der Waals surface area contributed by atoms with Crippen LogP contribution in [-0.2, 0) is 0 Å². The fraction of sp³-hybridized carbons (Fsp3) is 0.909. The summed E-state index contributed by atoms with van der Waals surface area (Å²) in [6.07, 6.45) is 8.55. The van der Waals surface area contributed by atoms with Crippen molar-refractivity contribution in [2.45, 2.75) is 64.4 Å². The van der Waals surface area contributed by atoms with Crippen molar-refractivity contribution in [3.8, 4) is 6.07 Å². The highest BCUT2D eigenvalue weighted by Gasteiger charge is 1.99. The molecule has 2 heteroatoms. The van der Waals surface area contributed by atoms with E-state index in [1.165, 1.54) is 32.1 Å². The van der Waals surface area contributed by atoms with Crippen LogP contribution in [-0.4, -0.2) is 11.2 Å². The van der Waals surface area contributed by atoms with Crippen molar-refractivity contribution in [2.24, 2.45) is 0 Å². The van der Waals surface area contributed by atoms with Gasteiger partial charge in [-0.2, -0.15) is 5.26 Å². The first-order valence-electron chi connectivity index (χ1n) is 5.39. The zero-order chi connectivity index (χ0) is 9.94. The van der Waals surface area contributed by atoms with Gasteiger partial charge in [0.2, 0.25) is 0 Å². The summed E-state index contributed by atoms with van der Waals surface area (Å²) in [6, 6.07) is 1.83. The van der Waals surface area contributed by atoms with Gasteiger partial charge in [0.1, 0.15) is 6.10 Å². The Bertz CT molecular complexity index is 140. The topological polar surface area (TPSA) is 44.0 Å². The van der Waals surface area contributed by atoms with E-state index in [1.54, 1.807) is 0 Å². The standard InChI is InChI=1S/C11H21NO/c1-2-3-4-5-6-7-8-9-11(13)10-12/h11,13H,2-9H2,1H3/t11-/m0/s1. The van der Waals surface area contributed by atoms with Gasteiger partial charge in [0.25, 0.3) is 0 Å². The highest BCUT2D eigenvalue weighted by atomic mass is 16.3. The van der Waals surface area contributed by atoms with E-state index in [0.717, 1.165) is 12.8 Å². The van der Waals surface area contributed by atoms with Crippen LogP contribution < -0.4 is 0 Å². The predicted molar refractivity (Wildman–Crippen MR) is 54.2 cm³/mol. The third-order valence-corrected chi connectivity index (χ3v) is 2.23. The molecule has 0 bridgehead atoms. The number of aliphatic hydroxyl groups is 1. The molecule has 0 fully saturated rings. The quantitative estimate of drug-likeness (QED) is 0.464. The third-order valence-electron chi connectivity index (χ3n) is 2.23. The van der Waals surface area contributed by atoms with Crippen LogP contribution in [0.25, 0.3) is 0 Å². The van der Waals surface area contributed by atoms with Crippen LogP contribution in [0.4, 0.5) is 0 Å². The van der Waals surface area contributed by atoms with Crippen LogP contribution in [0.2, 0.25) is 0 Å². The lowest BCUT2D eigenvalue weighted by molar-refractivity contribution is 0.215. The summed E-state index contributed by atoms with van der Waals surface area (Å²) >= 11 is 0. The predicted octanol–water partition coefficient (Wildman–Crippen LogP) is 3.01. The summed E-state index contributed by atoms with van der Waals surface area (Å²) in [5, 5.41) is 17.2. The number of aliphatic hydroxyl groups excluding tert-OH is 1. The van der Waals surface area contributed by atoms with Gasteiger partial charge in [0.15, 0.2) is 0 Å². The Kier molecular flexibility index (Phi) is 9.13. The molecule has 0 aromatic rings. The minimum Gasteiger partial charge on any atom is -0.378 e. The second-order valence-electron chi connectivity index (χ2n) is 3.55. The molecule has 0 radical (unpaired) electrons. The molecule has 0 aliphatic rings. The van der Waals surface area contributed by atoms with Crippen LogP contribution in [0.5, 0.6) is 0 Å². The lowest BCUT2D eigenvalue weighted by Gasteiger charge is -2.01. The molecule has 0 saturated heterocycles. The van der Waals surface area contributed by atoms with E-state index in [1.807, 2.05) is 6.07 Å². The molecule has 0 heterocycles. The van der Waals surface area contributed by atoms with Crippen LogP contribution in [0.15, 0.2) is 0 Å². The summed E-state index contributed by atoms with van der Waals surface area (Å²) in [4.78, 5) is 0. The van der Waals surface area contributed by atoms with E-state index in [-0.39, 0.29) is 0 Å². The molecular weight excluding hydrogens is 162 g/mol. The molecule has 2 nitrogen and oxygen atoms in total. The van der Waals surface area contributed by atoms with Crippen LogP contribution in [0.3, 0.4) is 0 Å². The summed E-state index contributed by atoms with van der Waals surface area (Å²) in [6.45, 7) is 2.21. The normalized spacial score (nSPS) is 12.4. The molecule has 0 unspecified atom stereocenters. The van der Waals surface area contributed by atoms with Crippen LogP contribution in [0, 0.1) is 11.3 Å². The third kappa shape index (κ3) is 9.36. The first-order chi connectivity index (χ1) is 6.31. The van der Waals surface area contributed by atoms with Crippen LogP contribution in [0.1, 0.15) is 58.3 Å². The second kappa shape index (κ2) is 9.54. The van der Waals surface area contributed by atoms with E-state index in [9.17, 15) is 0 Å². The van der Waals surface area contributed by atoms with Crippen molar-refractivity contribution in [2.75, 3.05) is 0 Å². The minimum absolute atomic E-state index is 0.643. The fourth-order valence-corrected chi connectivity index (χ4v) is 1.36. The summed E-state index contributed by atoms with van der Waals surface area (Å²) < 4.78 is 0. The largest absolute Gasteiger partial charge is 0.378 e. The van der Waals surface area contributed by atoms with Gasteiger partial charge in [-0.05, 0) is 12.8 Å². The average molecular weight is 183 g/mol. The maximum Gasteiger partial charge on any atom is 0.140 e. The van der Waals surface area contributed by atoms with Gasteiger partial charge in [-0.3, -0.25) is 0 Å². The van der Waals surface area contributed by atoms with Crippen molar-refractivity contribution in [1.82, 2.24) is 0 Å². The summed E-state index contributed by atoms with van der Waals surface area (Å²) in [7, 11) is 0. The number of nitriles is 1. The van der Waals surface area contributed by atoms with E-state index < -0.39 is 6.10 Å². The molecule has 0 saturated carbocycles. The zero-order valence-electron chi connectivity index (χ0n) is 8.63. The molecule has 0 aliphatic carbocycles. The molecule has 0 spiro atoms. The summed E-state index contributed by atoms with van der Waals surface area (Å²) in [5.74, 6) is 0. The molecular formula is C11H21NO. The van der Waals surface area contributed by atoms with Gasteiger partial charge in [-0.1, -0.05) is 45.4 Å². The Morgan fingerprint density at radius 1 is 1.08 bits per heavy atom. The van der Waals surface area contributed by atoms with Gasteiger partial charge in [-0.15, -0.1) is 0 Å². The smallest absolute Gasteiger partial charge is 0.140 e. The molecule has 76 valence electrons. The van der Waals surface area contributed by atoms with Crippen molar-refractivity contribution in [1.29, 1.82) is 5.26 Å². The Labute approximate surface area is 81.6 Å². The van der Waals surface area contributed by atoms with Crippen LogP contribution >= 0.6 is 0 Å². The molecule has 1 N–H and O–H groups in total. The minimum atomic E-state index is -0.740. The molecule has 0 amide bonds. The van der Waals surface area contributed by atoms with Gasteiger partial charge in [-0.25, -0.2) is 0 Å². The van der Waals surface area contributed by atoms with Gasteiger partial charge < -0.3 is 5.11 Å². The number of hydrogen-bond acceptors (Lipinski definition) is 2. The molecule has 0 aliphatic heterocycles. The van der Waals surface area contributed by atoms with Crippen molar-refractivity contribution in [3.05, 3.63) is 0 Å². The SMILES string of the molecule is CCCCCCCCC[C@H](O)C#N. The first kappa shape index (κ1) is 12.4. The monoisotopic (exact) mass is 183 g/mol. The van der Waals surface area contributed by atoms with E-state index in [0.29, 0.717) is 6.42 Å². The van der Waals surface area contributed by atoms with E-state index in [4.69, 9.17) is 10.4 Å². The maximum atomic E-state index is 8.94. The van der Waals surface area contributed by atoms with Gasteiger partial charge >= 0.3 is 0 Å². The Balaban J connectivity index is 2.96. The Morgan fingerprint density at radius 2 is 1.62 bits per heavy atom. The highest BCUT2D eigenvalue weighted by Crippen LogP contribution is 2.09. The lowest BCUT2D eigenvalue weighted by atomic mass is 10.1. The van der Waals surface area contributed by atoms with Crippen molar-refractivity contribution < 1.29 is 5.11 Å². The van der Waals surface area contributed by atoms with Crippen molar-refractivity contribution in [3.63, 3.8) is 0 Å². The zero-order valence-corrected chi connectivity index (χ0v) is 8.63. The van der Waals surface area contributed by atoms with Gasteiger partial charge in [0.05, 0.1) is 6.07 Å². The highest BCUT2D eigenvalue weighted by molar-refractivity contribution is 4.81. The molecule has 0 aromatic carbocycles. The summed E-state index contributed by atoms with van der Waals surface area (Å²) in [5.41, 5.74) is 0. The van der Waals surface area contributed by atoms with Crippen molar-refractivity contribution >= 4 is 0 Å². The molecule has 13 heavy (non-hydrogen) atoms. The molecule has 1 atom stereocenters. The lowest BCUT2D eigenvalue weighted by Crippen LogP contribution is -2.01. The first-order valence-corrected chi connectivity index (χ1v) is 5.39. The Hall–Kier alpha value is -0.550. The molecule has 0 aromatic heterocycles. The van der Waals surface area contributed by atoms with E-state index in [2.05, 4.69) is 6.92 Å². The molecule has 0 rings (SSSR count). The number of nitrogens with zero attached hydrogens (tertiary/aromatic N) is 1. The van der Waals surface area contributed by atoms with Gasteiger partial charge in [0, 0.05) is 0 Å². The Morgan fingerprint density at radius 3 is 2.15 bits per heavy atom. The fourth-order valence-electron chi connectivity index (χ4n) is 1.36. The number of rotatable bonds is 8. The number of unbranched alkanes of at least 4 members (excludes halogenated alkanes) is 6. The second-order valence-corrected chi connectivity index (χ2v) is 3.55.